The number of rotatable bonds is 5. The number of methoxy groups -OCH3 is 1. The van der Waals surface area contributed by atoms with E-state index in [2.05, 4.69) is 5.10 Å². The molecular weight excluding hydrogens is 381 g/mol. The molecule has 7 nitrogen and oxygen atoms in total. The van der Waals surface area contributed by atoms with Gasteiger partial charge in [-0.25, -0.2) is 14.3 Å². The van der Waals surface area contributed by atoms with Crippen molar-refractivity contribution in [1.82, 2.24) is 9.78 Å². The summed E-state index contributed by atoms with van der Waals surface area (Å²) in [5, 5.41) is 3.92. The predicted molar refractivity (Wildman–Crippen MR) is 91.2 cm³/mol. The molecular formula is C18H19F3N2O5. The molecule has 0 amide bonds. The Kier molecular flexibility index (Phi) is 6.01. The van der Waals surface area contributed by atoms with E-state index >= 15 is 0 Å². The van der Waals surface area contributed by atoms with E-state index in [1.54, 1.807) is 20.8 Å². The zero-order chi connectivity index (χ0) is 21.1. The van der Waals surface area contributed by atoms with Crippen LogP contribution in [0.1, 0.15) is 36.8 Å². The van der Waals surface area contributed by atoms with Gasteiger partial charge in [0.15, 0.2) is 12.4 Å². The smallest absolute Gasteiger partial charge is 0.416 e. The summed E-state index contributed by atoms with van der Waals surface area (Å²) in [6, 6.07) is 4.40. The zero-order valence-corrected chi connectivity index (χ0v) is 15.7. The van der Waals surface area contributed by atoms with Crippen LogP contribution in [0.4, 0.5) is 13.2 Å². The molecule has 2 aromatic rings. The fourth-order valence-electron chi connectivity index (χ4n) is 2.17. The van der Waals surface area contributed by atoms with Crippen molar-refractivity contribution in [1.29, 1.82) is 0 Å². The molecule has 2 rings (SSSR count). The van der Waals surface area contributed by atoms with E-state index in [0.717, 1.165) is 16.8 Å². The number of esters is 2. The van der Waals surface area contributed by atoms with Crippen molar-refractivity contribution in [3.63, 3.8) is 0 Å². The SMILES string of the molecule is COc1cn(-c2cccc(C(F)(F)F)c2)nc1C(=O)OCC(=O)OC(C)(C)C. The van der Waals surface area contributed by atoms with Crippen molar-refractivity contribution in [2.45, 2.75) is 32.5 Å². The quantitative estimate of drug-likeness (QED) is 0.716. The summed E-state index contributed by atoms with van der Waals surface area (Å²) in [5.74, 6) is -1.75. The van der Waals surface area contributed by atoms with E-state index < -0.39 is 35.9 Å². The fourth-order valence-corrected chi connectivity index (χ4v) is 2.17. The Bertz CT molecular complexity index is 869. The molecule has 0 fully saturated rings. The molecule has 152 valence electrons. The Morgan fingerprint density at radius 2 is 1.86 bits per heavy atom. The first kappa shape index (κ1) is 21.3. The van der Waals surface area contributed by atoms with E-state index in [1.807, 2.05) is 0 Å². The number of carbonyl (C=O) groups is 2. The van der Waals surface area contributed by atoms with E-state index in [1.165, 1.54) is 25.4 Å². The van der Waals surface area contributed by atoms with Gasteiger partial charge in [0.25, 0.3) is 0 Å². The van der Waals surface area contributed by atoms with Crippen molar-refractivity contribution in [3.8, 4) is 11.4 Å². The van der Waals surface area contributed by atoms with Gasteiger partial charge < -0.3 is 14.2 Å². The number of alkyl halides is 3. The monoisotopic (exact) mass is 400 g/mol. The number of hydrogen-bond donors (Lipinski definition) is 0. The van der Waals surface area contributed by atoms with Crippen LogP contribution in [-0.2, 0) is 20.4 Å². The molecule has 0 saturated heterocycles. The van der Waals surface area contributed by atoms with Crippen LogP contribution in [0.25, 0.3) is 5.69 Å². The van der Waals surface area contributed by atoms with E-state index in [-0.39, 0.29) is 17.1 Å². The third-order valence-electron chi connectivity index (χ3n) is 3.27. The molecule has 0 atom stereocenters. The number of halogens is 3. The summed E-state index contributed by atoms with van der Waals surface area (Å²) in [6.07, 6.45) is -3.29. The highest BCUT2D eigenvalue weighted by Crippen LogP contribution is 2.30. The van der Waals surface area contributed by atoms with Crippen molar-refractivity contribution in [2.75, 3.05) is 13.7 Å². The minimum absolute atomic E-state index is 0.0217. The van der Waals surface area contributed by atoms with Crippen molar-refractivity contribution < 1.29 is 37.0 Å². The predicted octanol–water partition coefficient (Wildman–Crippen LogP) is 3.40. The number of ether oxygens (including phenoxy) is 3. The molecule has 0 radical (unpaired) electrons. The van der Waals surface area contributed by atoms with Gasteiger partial charge in [-0.2, -0.15) is 18.3 Å². The average molecular weight is 400 g/mol. The molecule has 0 spiro atoms. The molecule has 1 heterocycles. The maximum Gasteiger partial charge on any atom is 0.416 e. The van der Waals surface area contributed by atoms with Crippen molar-refractivity contribution in [3.05, 3.63) is 41.7 Å². The lowest BCUT2D eigenvalue weighted by atomic mass is 10.2. The number of carbonyl (C=O) groups excluding carboxylic acids is 2. The number of aromatic nitrogens is 2. The third-order valence-corrected chi connectivity index (χ3v) is 3.27. The normalized spacial score (nSPS) is 11.8. The highest BCUT2D eigenvalue weighted by atomic mass is 19.4. The summed E-state index contributed by atoms with van der Waals surface area (Å²) < 4.78 is 54.6. The van der Waals surface area contributed by atoms with Gasteiger partial charge in [-0.1, -0.05) is 6.07 Å². The maximum absolute atomic E-state index is 12.9. The van der Waals surface area contributed by atoms with Crippen LogP contribution in [0.15, 0.2) is 30.5 Å². The average Bonchev–Trinajstić information content (AvgIpc) is 3.02. The first-order valence-corrected chi connectivity index (χ1v) is 8.11. The molecule has 1 aromatic heterocycles. The summed E-state index contributed by atoms with van der Waals surface area (Å²) in [6.45, 7) is 4.33. The summed E-state index contributed by atoms with van der Waals surface area (Å²) >= 11 is 0. The first-order valence-electron chi connectivity index (χ1n) is 8.11. The molecule has 0 bridgehead atoms. The minimum atomic E-state index is -4.53. The van der Waals surface area contributed by atoms with E-state index in [4.69, 9.17) is 14.2 Å². The zero-order valence-electron chi connectivity index (χ0n) is 15.7. The molecule has 0 aliphatic carbocycles. The molecule has 0 N–H and O–H groups in total. The molecule has 1 aromatic carbocycles. The molecule has 28 heavy (non-hydrogen) atoms. The Morgan fingerprint density at radius 1 is 1.18 bits per heavy atom. The number of benzene rings is 1. The second-order valence-corrected chi connectivity index (χ2v) is 6.70. The van der Waals surface area contributed by atoms with Gasteiger partial charge in [0.05, 0.1) is 24.6 Å². The van der Waals surface area contributed by atoms with Crippen molar-refractivity contribution >= 4 is 11.9 Å². The standard InChI is InChI=1S/C18H19F3N2O5/c1-17(2,3)28-14(24)10-27-16(25)15-13(26-4)9-23(22-15)12-7-5-6-11(8-12)18(19,20)21/h5-9H,10H2,1-4H3. The van der Waals surface area contributed by atoms with Crippen LogP contribution in [-0.4, -0.2) is 41.0 Å². The largest absolute Gasteiger partial charge is 0.493 e. The third kappa shape index (κ3) is 5.48. The highest BCUT2D eigenvalue weighted by molar-refractivity contribution is 5.91. The second-order valence-electron chi connectivity index (χ2n) is 6.70. The lowest BCUT2D eigenvalue weighted by Crippen LogP contribution is -2.27. The van der Waals surface area contributed by atoms with Crippen molar-refractivity contribution in [2.24, 2.45) is 0 Å². The van der Waals surface area contributed by atoms with E-state index in [0.29, 0.717) is 0 Å². The van der Waals surface area contributed by atoms with Gasteiger partial charge in [-0.05, 0) is 39.0 Å². The molecule has 0 unspecified atom stereocenters. The Hall–Kier alpha value is -3.04. The Labute approximate surface area is 159 Å². The van der Waals surface area contributed by atoms with Gasteiger partial charge in [0.1, 0.15) is 5.60 Å². The minimum Gasteiger partial charge on any atom is -0.493 e. The lowest BCUT2D eigenvalue weighted by Gasteiger charge is -2.19. The van der Waals surface area contributed by atoms with Crippen LogP contribution >= 0.6 is 0 Å². The fraction of sp³-hybridized carbons (Fsp3) is 0.389. The second kappa shape index (κ2) is 7.91. The molecule has 10 heteroatoms. The Balaban J connectivity index is 2.20. The van der Waals surface area contributed by atoms with Crippen LogP contribution in [0.2, 0.25) is 0 Å². The maximum atomic E-state index is 12.9. The summed E-state index contributed by atoms with van der Waals surface area (Å²) in [7, 11) is 1.26. The van der Waals surface area contributed by atoms with Crippen LogP contribution in [0.5, 0.6) is 5.75 Å². The molecule has 0 saturated carbocycles. The Morgan fingerprint density at radius 3 is 2.43 bits per heavy atom. The van der Waals surface area contributed by atoms with Crippen LogP contribution in [0, 0.1) is 0 Å². The first-order chi connectivity index (χ1) is 12.9. The van der Waals surface area contributed by atoms with Gasteiger partial charge in [-0.3, -0.25) is 0 Å². The number of nitrogens with zero attached hydrogens (tertiary/aromatic N) is 2. The van der Waals surface area contributed by atoms with Gasteiger partial charge in [-0.15, -0.1) is 0 Å². The topological polar surface area (TPSA) is 79.7 Å². The van der Waals surface area contributed by atoms with Gasteiger partial charge in [0, 0.05) is 0 Å². The number of hydrogen-bond acceptors (Lipinski definition) is 6. The van der Waals surface area contributed by atoms with E-state index in [9.17, 15) is 22.8 Å². The molecule has 0 aliphatic heterocycles. The lowest BCUT2D eigenvalue weighted by molar-refractivity contribution is -0.158. The highest BCUT2D eigenvalue weighted by Gasteiger charge is 2.31. The van der Waals surface area contributed by atoms with Gasteiger partial charge in [0.2, 0.25) is 5.69 Å². The van der Waals surface area contributed by atoms with Gasteiger partial charge >= 0.3 is 18.1 Å². The summed E-state index contributed by atoms with van der Waals surface area (Å²) in [4.78, 5) is 23.8. The van der Waals surface area contributed by atoms with Crippen LogP contribution in [0.3, 0.4) is 0 Å². The van der Waals surface area contributed by atoms with Crippen LogP contribution < -0.4 is 4.74 Å². The summed E-state index contributed by atoms with van der Waals surface area (Å²) in [5.41, 5.74) is -1.83. The molecule has 0 aliphatic rings.